The Morgan fingerprint density at radius 2 is 2.00 bits per heavy atom. The summed E-state index contributed by atoms with van der Waals surface area (Å²) in [5.74, 6) is 0.843. The van der Waals surface area contributed by atoms with Gasteiger partial charge in [0, 0.05) is 33.4 Å². The Bertz CT molecular complexity index is 711. The maximum Gasteiger partial charge on any atom is 0.190 e. The molecule has 1 atom stereocenters. The number of nitrogens with one attached hydrogen (secondary N) is 2. The highest BCUT2D eigenvalue weighted by atomic mass is 16.5. The molecule has 0 radical (unpaired) electrons. The Kier molecular flexibility index (Phi) is 7.28. The first kappa shape index (κ1) is 18.7. The molecular weight excluding hydrogens is 326 g/mol. The van der Waals surface area contributed by atoms with Gasteiger partial charge in [-0.2, -0.15) is 0 Å². The van der Waals surface area contributed by atoms with Crippen LogP contribution in [-0.4, -0.2) is 52.0 Å². The summed E-state index contributed by atoms with van der Waals surface area (Å²) in [6.45, 7) is 4.04. The molecule has 2 N–H and O–H groups in total. The minimum Gasteiger partial charge on any atom is -0.379 e. The van der Waals surface area contributed by atoms with Crippen LogP contribution < -0.4 is 10.6 Å². The Hall–Kier alpha value is -2.11. The molecule has 1 heterocycles. The van der Waals surface area contributed by atoms with Gasteiger partial charge in [0.25, 0.3) is 0 Å². The van der Waals surface area contributed by atoms with Crippen molar-refractivity contribution in [1.29, 1.82) is 0 Å². The average Bonchev–Trinajstić information content (AvgIpc) is 3.19. The van der Waals surface area contributed by atoms with Gasteiger partial charge in [0.05, 0.1) is 12.7 Å². The number of rotatable bonds is 8. The molecule has 1 saturated heterocycles. The van der Waals surface area contributed by atoms with Crippen LogP contribution in [0.5, 0.6) is 0 Å². The molecule has 5 heteroatoms. The molecule has 1 aliphatic heterocycles. The van der Waals surface area contributed by atoms with Crippen LogP contribution in [0.4, 0.5) is 0 Å². The highest BCUT2D eigenvalue weighted by molar-refractivity contribution is 5.83. The molecule has 2 aromatic carbocycles. The summed E-state index contributed by atoms with van der Waals surface area (Å²) in [7, 11) is 1.80. The molecule has 1 fully saturated rings. The zero-order valence-electron chi connectivity index (χ0n) is 15.5. The summed E-state index contributed by atoms with van der Waals surface area (Å²) in [4.78, 5) is 4.28. The minimum atomic E-state index is 0.286. The fourth-order valence-electron chi connectivity index (χ4n) is 3.11. The summed E-state index contributed by atoms with van der Waals surface area (Å²) in [5, 5.41) is 9.29. The van der Waals surface area contributed by atoms with Gasteiger partial charge in [0.15, 0.2) is 5.96 Å². The van der Waals surface area contributed by atoms with E-state index in [1.165, 1.54) is 16.3 Å². The lowest BCUT2D eigenvalue weighted by molar-refractivity contribution is 0.0420. The predicted molar refractivity (Wildman–Crippen MR) is 107 cm³/mol. The van der Waals surface area contributed by atoms with Gasteiger partial charge in [-0.25, -0.2) is 0 Å². The van der Waals surface area contributed by atoms with Gasteiger partial charge < -0.3 is 20.1 Å². The van der Waals surface area contributed by atoms with Crippen molar-refractivity contribution >= 4 is 16.7 Å². The van der Waals surface area contributed by atoms with Crippen molar-refractivity contribution < 1.29 is 9.47 Å². The molecule has 0 saturated carbocycles. The number of aliphatic imine (C=N–C) groups is 1. The number of hydrogen-bond acceptors (Lipinski definition) is 3. The molecule has 1 aliphatic rings. The van der Waals surface area contributed by atoms with Gasteiger partial charge in [-0.3, -0.25) is 4.99 Å². The zero-order valence-corrected chi connectivity index (χ0v) is 15.5. The van der Waals surface area contributed by atoms with Gasteiger partial charge in [-0.15, -0.1) is 0 Å². The van der Waals surface area contributed by atoms with E-state index in [0.29, 0.717) is 0 Å². The molecule has 0 spiro atoms. The van der Waals surface area contributed by atoms with Crippen LogP contribution in [0.15, 0.2) is 47.5 Å². The highest BCUT2D eigenvalue weighted by Crippen LogP contribution is 2.15. The first-order chi connectivity index (χ1) is 12.8. The van der Waals surface area contributed by atoms with Crippen LogP contribution in [0.25, 0.3) is 10.8 Å². The van der Waals surface area contributed by atoms with E-state index >= 15 is 0 Å². The molecule has 0 bridgehead atoms. The molecule has 3 rings (SSSR count). The first-order valence-electron chi connectivity index (χ1n) is 9.47. The maximum atomic E-state index is 5.77. The highest BCUT2D eigenvalue weighted by Gasteiger charge is 2.15. The topological polar surface area (TPSA) is 54.9 Å². The standard InChI is InChI=1S/C21H29N3O2/c1-22-21(23-11-4-13-26-20-10-14-25-16-20)24-12-9-17-7-8-18-5-2-3-6-19(18)15-17/h2-3,5-8,15,20H,4,9-14,16H2,1H3,(H2,22,23,24). The van der Waals surface area contributed by atoms with Gasteiger partial charge in [0.2, 0.25) is 0 Å². The number of nitrogens with zero attached hydrogens (tertiary/aromatic N) is 1. The lowest BCUT2D eigenvalue weighted by atomic mass is 10.1. The first-order valence-corrected chi connectivity index (χ1v) is 9.47. The predicted octanol–water partition coefficient (Wildman–Crippen LogP) is 2.74. The number of fused-ring (bicyclic) bond motifs is 1. The van der Waals surface area contributed by atoms with Gasteiger partial charge >= 0.3 is 0 Å². The quantitative estimate of drug-likeness (QED) is 0.434. The number of benzene rings is 2. The molecule has 5 nitrogen and oxygen atoms in total. The Labute approximate surface area is 155 Å². The summed E-state index contributed by atoms with van der Waals surface area (Å²) < 4.78 is 11.1. The fourth-order valence-corrected chi connectivity index (χ4v) is 3.11. The van der Waals surface area contributed by atoms with Crippen LogP contribution in [0, 0.1) is 0 Å². The normalized spacial score (nSPS) is 17.6. The van der Waals surface area contributed by atoms with E-state index in [1.807, 2.05) is 0 Å². The molecule has 1 unspecified atom stereocenters. The van der Waals surface area contributed by atoms with Crippen molar-refractivity contribution in [1.82, 2.24) is 10.6 Å². The van der Waals surface area contributed by atoms with Crippen LogP contribution in [0.3, 0.4) is 0 Å². The van der Waals surface area contributed by atoms with E-state index in [4.69, 9.17) is 9.47 Å². The molecule has 140 valence electrons. The molecule has 2 aromatic rings. The lowest BCUT2D eigenvalue weighted by Gasteiger charge is -2.13. The number of ether oxygens (including phenoxy) is 2. The lowest BCUT2D eigenvalue weighted by Crippen LogP contribution is -2.39. The van der Waals surface area contributed by atoms with E-state index in [2.05, 4.69) is 58.1 Å². The van der Waals surface area contributed by atoms with Crippen LogP contribution in [-0.2, 0) is 15.9 Å². The SMILES string of the molecule is CN=C(NCCCOC1CCOC1)NCCc1ccc2ccccc2c1. The third kappa shape index (κ3) is 5.71. The Morgan fingerprint density at radius 1 is 1.15 bits per heavy atom. The Balaban J connectivity index is 1.32. The average molecular weight is 355 g/mol. The number of guanidine groups is 1. The fraction of sp³-hybridized carbons (Fsp3) is 0.476. The monoisotopic (exact) mass is 355 g/mol. The smallest absolute Gasteiger partial charge is 0.190 e. The van der Waals surface area contributed by atoms with E-state index in [1.54, 1.807) is 7.05 Å². The summed E-state index contributed by atoms with van der Waals surface area (Å²) in [6.07, 6.45) is 3.23. The van der Waals surface area contributed by atoms with E-state index < -0.39 is 0 Å². The van der Waals surface area contributed by atoms with Crippen molar-refractivity contribution in [3.63, 3.8) is 0 Å². The molecule has 0 amide bonds. The van der Waals surface area contributed by atoms with Crippen molar-refractivity contribution in [3.05, 3.63) is 48.0 Å². The summed E-state index contributed by atoms with van der Waals surface area (Å²) >= 11 is 0. The molecular formula is C21H29N3O2. The van der Waals surface area contributed by atoms with Gasteiger partial charge in [-0.1, -0.05) is 42.5 Å². The second kappa shape index (κ2) is 10.1. The zero-order chi connectivity index (χ0) is 18.0. The van der Waals surface area contributed by atoms with E-state index in [9.17, 15) is 0 Å². The maximum absolute atomic E-state index is 5.77. The third-order valence-electron chi connectivity index (χ3n) is 4.60. The summed E-state index contributed by atoms with van der Waals surface area (Å²) in [5.41, 5.74) is 1.33. The van der Waals surface area contributed by atoms with Gasteiger partial charge in [0.1, 0.15) is 0 Å². The molecule has 26 heavy (non-hydrogen) atoms. The summed E-state index contributed by atoms with van der Waals surface area (Å²) in [6, 6.07) is 15.1. The van der Waals surface area contributed by atoms with Crippen LogP contribution in [0.2, 0.25) is 0 Å². The van der Waals surface area contributed by atoms with Crippen molar-refractivity contribution in [2.24, 2.45) is 4.99 Å². The van der Waals surface area contributed by atoms with Crippen LogP contribution in [0.1, 0.15) is 18.4 Å². The second-order valence-corrected chi connectivity index (χ2v) is 6.57. The Morgan fingerprint density at radius 3 is 2.81 bits per heavy atom. The largest absolute Gasteiger partial charge is 0.379 e. The van der Waals surface area contributed by atoms with Crippen molar-refractivity contribution in [2.45, 2.75) is 25.4 Å². The molecule has 0 aromatic heterocycles. The van der Waals surface area contributed by atoms with Gasteiger partial charge in [-0.05, 0) is 35.6 Å². The minimum absolute atomic E-state index is 0.286. The van der Waals surface area contributed by atoms with E-state index in [0.717, 1.165) is 58.1 Å². The number of hydrogen-bond donors (Lipinski definition) is 2. The third-order valence-corrected chi connectivity index (χ3v) is 4.60. The van der Waals surface area contributed by atoms with E-state index in [-0.39, 0.29) is 6.10 Å². The van der Waals surface area contributed by atoms with Crippen LogP contribution >= 0.6 is 0 Å². The molecule has 0 aliphatic carbocycles. The van der Waals surface area contributed by atoms with Crippen molar-refractivity contribution in [3.8, 4) is 0 Å². The van der Waals surface area contributed by atoms with Crippen molar-refractivity contribution in [2.75, 3.05) is 40.0 Å². The second-order valence-electron chi connectivity index (χ2n) is 6.57.